The first kappa shape index (κ1) is 21.2. The van der Waals surface area contributed by atoms with Gasteiger partial charge in [-0.25, -0.2) is 0 Å². The molecule has 1 unspecified atom stereocenters. The first-order chi connectivity index (χ1) is 11.6. The average Bonchev–Trinajstić information content (AvgIpc) is 2.62. The number of likely N-dealkylation sites (tertiary alicyclic amines) is 1. The standard InChI is InChI=1S/C18H37N3O3/c1-5-18(3,15-22)14-20-17(19-6-2)21-10-8-16(9-11-21)24-13-7-12-23-4/h16,22H,5-15H2,1-4H3,(H,19,20). The van der Waals surface area contributed by atoms with Gasteiger partial charge < -0.3 is 24.8 Å². The second kappa shape index (κ2) is 11.7. The molecular formula is C18H37N3O3. The molecule has 2 N–H and O–H groups in total. The van der Waals surface area contributed by atoms with Gasteiger partial charge in [-0.3, -0.25) is 4.99 Å². The topological polar surface area (TPSA) is 66.3 Å². The maximum atomic E-state index is 9.57. The fourth-order valence-corrected chi connectivity index (χ4v) is 2.65. The van der Waals surface area contributed by atoms with Crippen LogP contribution in [0.4, 0.5) is 0 Å². The molecule has 0 aromatic rings. The van der Waals surface area contributed by atoms with Gasteiger partial charge >= 0.3 is 0 Å². The maximum absolute atomic E-state index is 9.57. The number of methoxy groups -OCH3 is 1. The van der Waals surface area contributed by atoms with Crippen LogP contribution < -0.4 is 5.32 Å². The average molecular weight is 344 g/mol. The van der Waals surface area contributed by atoms with Crippen molar-refractivity contribution in [3.05, 3.63) is 0 Å². The quantitative estimate of drug-likeness (QED) is 0.360. The van der Waals surface area contributed by atoms with E-state index in [2.05, 4.69) is 31.0 Å². The van der Waals surface area contributed by atoms with Crippen LogP contribution in [0, 0.1) is 5.41 Å². The van der Waals surface area contributed by atoms with E-state index in [1.807, 2.05) is 0 Å². The molecule has 0 saturated carbocycles. The second-order valence-electron chi connectivity index (χ2n) is 6.90. The summed E-state index contributed by atoms with van der Waals surface area (Å²) in [5.74, 6) is 0.962. The second-order valence-corrected chi connectivity index (χ2v) is 6.90. The zero-order valence-electron chi connectivity index (χ0n) is 16.0. The predicted octanol–water partition coefficient (Wildman–Crippen LogP) is 1.88. The van der Waals surface area contributed by atoms with E-state index >= 15 is 0 Å². The van der Waals surface area contributed by atoms with Crippen molar-refractivity contribution >= 4 is 5.96 Å². The van der Waals surface area contributed by atoms with Crippen molar-refractivity contribution in [2.45, 2.75) is 52.6 Å². The van der Waals surface area contributed by atoms with E-state index < -0.39 is 0 Å². The van der Waals surface area contributed by atoms with Crippen molar-refractivity contribution < 1.29 is 14.6 Å². The monoisotopic (exact) mass is 343 g/mol. The van der Waals surface area contributed by atoms with Gasteiger partial charge in [0.25, 0.3) is 0 Å². The molecule has 1 aliphatic heterocycles. The summed E-state index contributed by atoms with van der Waals surface area (Å²) in [5, 5.41) is 12.9. The fourth-order valence-electron chi connectivity index (χ4n) is 2.65. The van der Waals surface area contributed by atoms with Gasteiger partial charge in [0.15, 0.2) is 5.96 Å². The van der Waals surface area contributed by atoms with Gasteiger partial charge in [0, 0.05) is 45.4 Å². The van der Waals surface area contributed by atoms with E-state index in [-0.39, 0.29) is 12.0 Å². The molecule has 0 amide bonds. The minimum Gasteiger partial charge on any atom is -0.396 e. The third-order valence-corrected chi connectivity index (χ3v) is 4.77. The smallest absolute Gasteiger partial charge is 0.193 e. The Bertz CT molecular complexity index is 351. The fraction of sp³-hybridized carbons (Fsp3) is 0.944. The van der Waals surface area contributed by atoms with Crippen LogP contribution in [0.5, 0.6) is 0 Å². The summed E-state index contributed by atoms with van der Waals surface area (Å²) < 4.78 is 11.0. The normalized spacial score (nSPS) is 19.4. The number of nitrogens with zero attached hydrogens (tertiary/aromatic N) is 2. The number of hydrogen-bond donors (Lipinski definition) is 2. The van der Waals surface area contributed by atoms with Crippen molar-refractivity contribution in [2.75, 3.05) is 53.1 Å². The van der Waals surface area contributed by atoms with Crippen LogP contribution in [0.2, 0.25) is 0 Å². The van der Waals surface area contributed by atoms with Crippen LogP contribution in [-0.4, -0.2) is 75.2 Å². The molecule has 0 aromatic carbocycles. The van der Waals surface area contributed by atoms with Crippen LogP contribution in [0.3, 0.4) is 0 Å². The number of piperidine rings is 1. The number of aliphatic hydroxyl groups is 1. The number of nitrogens with one attached hydrogen (secondary N) is 1. The minimum absolute atomic E-state index is 0.135. The van der Waals surface area contributed by atoms with Crippen molar-refractivity contribution in [3.63, 3.8) is 0 Å². The summed E-state index contributed by atoms with van der Waals surface area (Å²) in [4.78, 5) is 7.09. The van der Waals surface area contributed by atoms with Gasteiger partial charge in [-0.2, -0.15) is 0 Å². The van der Waals surface area contributed by atoms with Crippen LogP contribution in [0.25, 0.3) is 0 Å². The third kappa shape index (κ3) is 7.36. The molecule has 1 atom stereocenters. The Kier molecular flexibility index (Phi) is 10.3. The van der Waals surface area contributed by atoms with Crippen molar-refractivity contribution in [3.8, 4) is 0 Å². The lowest BCUT2D eigenvalue weighted by atomic mass is 9.89. The highest BCUT2D eigenvalue weighted by Crippen LogP contribution is 2.21. The lowest BCUT2D eigenvalue weighted by Gasteiger charge is -2.35. The van der Waals surface area contributed by atoms with Gasteiger partial charge in [0.1, 0.15) is 0 Å². The number of hydrogen-bond acceptors (Lipinski definition) is 4. The summed E-state index contributed by atoms with van der Waals surface area (Å²) in [6.45, 7) is 11.4. The minimum atomic E-state index is -0.135. The number of aliphatic imine (C=N–C) groups is 1. The van der Waals surface area contributed by atoms with E-state index in [4.69, 9.17) is 14.5 Å². The molecule has 0 aliphatic carbocycles. The Morgan fingerprint density at radius 1 is 1.29 bits per heavy atom. The maximum Gasteiger partial charge on any atom is 0.193 e. The van der Waals surface area contributed by atoms with E-state index in [0.717, 1.165) is 64.5 Å². The lowest BCUT2D eigenvalue weighted by Crippen LogP contribution is -2.47. The van der Waals surface area contributed by atoms with E-state index in [9.17, 15) is 5.11 Å². The molecule has 1 saturated heterocycles. The SMILES string of the molecule is CCNC(=NCC(C)(CC)CO)N1CCC(OCCCOC)CC1. The highest BCUT2D eigenvalue weighted by atomic mass is 16.5. The van der Waals surface area contributed by atoms with Gasteiger partial charge in [-0.1, -0.05) is 13.8 Å². The number of ether oxygens (including phenoxy) is 2. The first-order valence-electron chi connectivity index (χ1n) is 9.33. The van der Waals surface area contributed by atoms with Crippen molar-refractivity contribution in [1.82, 2.24) is 10.2 Å². The zero-order chi connectivity index (χ0) is 17.8. The third-order valence-electron chi connectivity index (χ3n) is 4.77. The van der Waals surface area contributed by atoms with Crippen LogP contribution in [0.1, 0.15) is 46.5 Å². The molecular weight excluding hydrogens is 306 g/mol. The summed E-state index contributed by atoms with van der Waals surface area (Å²) in [7, 11) is 1.72. The molecule has 1 rings (SSSR count). The van der Waals surface area contributed by atoms with Gasteiger partial charge in [-0.05, 0) is 32.6 Å². The molecule has 0 bridgehead atoms. The summed E-state index contributed by atoms with van der Waals surface area (Å²) in [5.41, 5.74) is -0.135. The largest absolute Gasteiger partial charge is 0.396 e. The van der Waals surface area contributed by atoms with E-state index in [0.29, 0.717) is 12.6 Å². The number of guanidine groups is 1. The Morgan fingerprint density at radius 2 is 2.00 bits per heavy atom. The molecule has 0 spiro atoms. The molecule has 142 valence electrons. The molecule has 24 heavy (non-hydrogen) atoms. The summed E-state index contributed by atoms with van der Waals surface area (Å²) >= 11 is 0. The van der Waals surface area contributed by atoms with Crippen LogP contribution in [-0.2, 0) is 9.47 Å². The first-order valence-corrected chi connectivity index (χ1v) is 9.33. The van der Waals surface area contributed by atoms with E-state index in [1.165, 1.54) is 0 Å². The Balaban J connectivity index is 2.47. The molecule has 1 fully saturated rings. The molecule has 1 heterocycles. The molecule has 0 aromatic heterocycles. The highest BCUT2D eigenvalue weighted by Gasteiger charge is 2.24. The van der Waals surface area contributed by atoms with Crippen LogP contribution in [0.15, 0.2) is 4.99 Å². The van der Waals surface area contributed by atoms with E-state index in [1.54, 1.807) is 7.11 Å². The summed E-state index contributed by atoms with van der Waals surface area (Å²) in [6.07, 6.45) is 4.28. The molecule has 6 heteroatoms. The Hall–Kier alpha value is -0.850. The zero-order valence-corrected chi connectivity index (χ0v) is 16.0. The number of rotatable bonds is 10. The lowest BCUT2D eigenvalue weighted by molar-refractivity contribution is 0.00985. The van der Waals surface area contributed by atoms with Gasteiger partial charge in [-0.15, -0.1) is 0 Å². The Labute approximate surface area is 147 Å². The Morgan fingerprint density at radius 3 is 2.54 bits per heavy atom. The molecule has 1 aliphatic rings. The van der Waals surface area contributed by atoms with Gasteiger partial charge in [0.05, 0.1) is 19.3 Å². The highest BCUT2D eigenvalue weighted by molar-refractivity contribution is 5.80. The van der Waals surface area contributed by atoms with Crippen molar-refractivity contribution in [2.24, 2.45) is 10.4 Å². The van der Waals surface area contributed by atoms with Gasteiger partial charge in [0.2, 0.25) is 0 Å². The molecule has 6 nitrogen and oxygen atoms in total. The summed E-state index contributed by atoms with van der Waals surface area (Å²) in [6, 6.07) is 0. The molecule has 0 radical (unpaired) electrons. The van der Waals surface area contributed by atoms with Crippen LogP contribution >= 0.6 is 0 Å². The number of aliphatic hydroxyl groups excluding tert-OH is 1. The predicted molar refractivity (Wildman–Crippen MR) is 98.5 cm³/mol. The van der Waals surface area contributed by atoms with Crippen molar-refractivity contribution in [1.29, 1.82) is 0 Å².